The quantitative estimate of drug-likeness (QED) is 0.658. The van der Waals surface area contributed by atoms with Gasteiger partial charge in [0.25, 0.3) is 0 Å². The molecule has 21 heavy (non-hydrogen) atoms. The maximum Gasteiger partial charge on any atom is 0.387 e. The first-order chi connectivity index (χ1) is 10.1. The topological polar surface area (TPSA) is 18.5 Å². The van der Waals surface area contributed by atoms with Crippen molar-refractivity contribution < 1.29 is 18.3 Å². The second kappa shape index (κ2) is 8.32. The van der Waals surface area contributed by atoms with Crippen molar-refractivity contribution in [3.63, 3.8) is 0 Å². The summed E-state index contributed by atoms with van der Waals surface area (Å²) >= 11 is 0. The molecule has 0 unspecified atom stereocenters. The fourth-order valence-electron chi connectivity index (χ4n) is 2.82. The predicted molar refractivity (Wildman–Crippen MR) is 78.5 cm³/mol. The molecule has 0 N–H and O–H groups in total. The third-order valence-corrected chi connectivity index (χ3v) is 4.22. The van der Waals surface area contributed by atoms with Crippen molar-refractivity contribution >= 4 is 0 Å². The van der Waals surface area contributed by atoms with Crippen molar-refractivity contribution in [2.75, 3.05) is 6.61 Å². The van der Waals surface area contributed by atoms with Gasteiger partial charge in [-0.3, -0.25) is 0 Å². The van der Waals surface area contributed by atoms with Gasteiger partial charge in [-0.15, -0.1) is 0 Å². The minimum atomic E-state index is -2.77. The molecule has 1 aromatic rings. The summed E-state index contributed by atoms with van der Waals surface area (Å²) in [4.78, 5) is 0. The zero-order valence-electron chi connectivity index (χ0n) is 12.6. The van der Waals surface area contributed by atoms with Crippen LogP contribution in [0.25, 0.3) is 0 Å². The van der Waals surface area contributed by atoms with Crippen LogP contribution in [0.2, 0.25) is 0 Å². The number of benzene rings is 1. The van der Waals surface area contributed by atoms with Crippen LogP contribution < -0.4 is 4.74 Å². The van der Waals surface area contributed by atoms with Gasteiger partial charge in [-0.1, -0.05) is 44.7 Å². The van der Waals surface area contributed by atoms with Crippen molar-refractivity contribution in [3.8, 4) is 5.75 Å². The van der Waals surface area contributed by atoms with Gasteiger partial charge in [0.15, 0.2) is 0 Å². The number of hydrogen-bond donors (Lipinski definition) is 0. The summed E-state index contributed by atoms with van der Waals surface area (Å²) in [6.45, 7) is 0.853. The Morgan fingerprint density at radius 1 is 1.10 bits per heavy atom. The van der Waals surface area contributed by atoms with Gasteiger partial charge in [0.1, 0.15) is 5.75 Å². The average Bonchev–Trinajstić information content (AvgIpc) is 2.46. The van der Waals surface area contributed by atoms with Gasteiger partial charge in [0, 0.05) is 6.61 Å². The second-order valence-electron chi connectivity index (χ2n) is 5.99. The summed E-state index contributed by atoms with van der Waals surface area (Å²) in [6, 6.07) is 6.63. The summed E-state index contributed by atoms with van der Waals surface area (Å²) in [5, 5.41) is 0. The molecule has 1 saturated carbocycles. The van der Waals surface area contributed by atoms with E-state index in [1.165, 1.54) is 25.7 Å². The van der Waals surface area contributed by atoms with Crippen LogP contribution in [0.4, 0.5) is 8.78 Å². The Kier molecular flexibility index (Phi) is 6.43. The first kappa shape index (κ1) is 16.2. The van der Waals surface area contributed by atoms with Crippen LogP contribution in [0.1, 0.15) is 44.6 Å². The summed E-state index contributed by atoms with van der Waals surface area (Å²) in [5.74, 6) is 1.88. The minimum absolute atomic E-state index is 0.185. The van der Waals surface area contributed by atoms with Gasteiger partial charge >= 0.3 is 6.61 Å². The Bertz CT molecular complexity index is 398. The van der Waals surface area contributed by atoms with E-state index in [-0.39, 0.29) is 5.75 Å². The van der Waals surface area contributed by atoms with Crippen LogP contribution in [0.5, 0.6) is 5.75 Å². The molecule has 0 saturated heterocycles. The molecule has 0 heterocycles. The molecule has 0 aliphatic heterocycles. The van der Waals surface area contributed by atoms with Crippen LogP contribution in [0.3, 0.4) is 0 Å². The van der Waals surface area contributed by atoms with E-state index < -0.39 is 6.61 Å². The van der Waals surface area contributed by atoms with E-state index in [0.29, 0.717) is 6.61 Å². The maximum absolute atomic E-state index is 12.0. The molecule has 0 atom stereocenters. The smallest absolute Gasteiger partial charge is 0.387 e. The molecule has 118 valence electrons. The molecule has 2 rings (SSSR count). The molecule has 1 aromatic carbocycles. The number of halogens is 2. The van der Waals surface area contributed by atoms with E-state index in [9.17, 15) is 8.78 Å². The summed E-state index contributed by atoms with van der Waals surface area (Å²) < 4.78 is 34.0. The highest BCUT2D eigenvalue weighted by Gasteiger charge is 2.17. The zero-order chi connectivity index (χ0) is 15.1. The molecule has 0 aromatic heterocycles. The Balaban J connectivity index is 1.62. The fourth-order valence-corrected chi connectivity index (χ4v) is 2.82. The summed E-state index contributed by atoms with van der Waals surface area (Å²) in [6.07, 6.45) is 6.46. The van der Waals surface area contributed by atoms with E-state index in [2.05, 4.69) is 11.7 Å². The first-order valence-electron chi connectivity index (χ1n) is 7.75. The average molecular weight is 298 g/mol. The lowest BCUT2D eigenvalue weighted by Crippen LogP contribution is -2.14. The van der Waals surface area contributed by atoms with E-state index in [0.717, 1.165) is 30.4 Å². The molecule has 1 aliphatic rings. The van der Waals surface area contributed by atoms with Crippen LogP contribution in [-0.4, -0.2) is 13.2 Å². The molecule has 0 spiro atoms. The van der Waals surface area contributed by atoms with E-state index in [1.54, 1.807) is 24.3 Å². The monoisotopic (exact) mass is 298 g/mol. The summed E-state index contributed by atoms with van der Waals surface area (Å²) in [5.41, 5.74) is 0.980. The van der Waals surface area contributed by atoms with Crippen molar-refractivity contribution in [2.24, 2.45) is 11.8 Å². The first-order valence-corrected chi connectivity index (χ1v) is 7.75. The zero-order valence-corrected chi connectivity index (χ0v) is 12.6. The van der Waals surface area contributed by atoms with Gasteiger partial charge in [0.05, 0.1) is 6.61 Å². The Morgan fingerprint density at radius 3 is 2.38 bits per heavy atom. The van der Waals surface area contributed by atoms with Crippen molar-refractivity contribution in [3.05, 3.63) is 29.8 Å². The van der Waals surface area contributed by atoms with E-state index in [1.807, 2.05) is 0 Å². The van der Waals surface area contributed by atoms with Crippen LogP contribution >= 0.6 is 0 Å². The van der Waals surface area contributed by atoms with Crippen LogP contribution in [0.15, 0.2) is 24.3 Å². The highest BCUT2D eigenvalue weighted by atomic mass is 19.3. The maximum atomic E-state index is 12.0. The molecular weight excluding hydrogens is 274 g/mol. The van der Waals surface area contributed by atoms with Gasteiger partial charge in [-0.2, -0.15) is 8.78 Å². The molecule has 1 aliphatic carbocycles. The van der Waals surface area contributed by atoms with Gasteiger partial charge in [-0.05, 0) is 36.0 Å². The molecule has 0 radical (unpaired) electrons. The Labute approximate surface area is 125 Å². The van der Waals surface area contributed by atoms with E-state index >= 15 is 0 Å². The van der Waals surface area contributed by atoms with Crippen LogP contribution in [-0.2, 0) is 11.3 Å². The van der Waals surface area contributed by atoms with Crippen molar-refractivity contribution in [1.29, 1.82) is 0 Å². The highest BCUT2D eigenvalue weighted by molar-refractivity contribution is 5.26. The normalized spacial score (nSPS) is 22.5. The number of ether oxygens (including phenoxy) is 2. The van der Waals surface area contributed by atoms with Gasteiger partial charge < -0.3 is 9.47 Å². The van der Waals surface area contributed by atoms with Crippen molar-refractivity contribution in [1.82, 2.24) is 0 Å². The number of rotatable bonds is 7. The van der Waals surface area contributed by atoms with Crippen LogP contribution in [0, 0.1) is 11.8 Å². The number of hydrogen-bond acceptors (Lipinski definition) is 2. The van der Waals surface area contributed by atoms with Gasteiger partial charge in [0.2, 0.25) is 0 Å². The lowest BCUT2D eigenvalue weighted by molar-refractivity contribution is -0.0498. The Hall–Kier alpha value is -1.16. The Morgan fingerprint density at radius 2 is 1.76 bits per heavy atom. The second-order valence-corrected chi connectivity index (χ2v) is 5.99. The molecule has 1 fully saturated rings. The lowest BCUT2D eigenvalue weighted by Gasteiger charge is -2.25. The third kappa shape index (κ3) is 6.00. The van der Waals surface area contributed by atoms with Crippen molar-refractivity contribution in [2.45, 2.75) is 52.2 Å². The molecule has 0 amide bonds. The van der Waals surface area contributed by atoms with Gasteiger partial charge in [-0.25, -0.2) is 0 Å². The summed E-state index contributed by atoms with van der Waals surface area (Å²) in [7, 11) is 0. The predicted octanol–water partition coefficient (Wildman–Crippen LogP) is 5.02. The third-order valence-electron chi connectivity index (χ3n) is 4.22. The molecule has 4 heteroatoms. The SMILES string of the molecule is CC1CCC(CCOCc2ccc(OC(F)F)cc2)CC1. The molecule has 2 nitrogen and oxygen atoms in total. The highest BCUT2D eigenvalue weighted by Crippen LogP contribution is 2.30. The minimum Gasteiger partial charge on any atom is -0.435 e. The standard InChI is InChI=1S/C17H24F2O2/c1-13-2-4-14(5-3-13)10-11-20-12-15-6-8-16(9-7-15)21-17(18)19/h6-9,13-14,17H,2-5,10-12H2,1H3. The molecular formula is C17H24F2O2. The molecule has 0 bridgehead atoms. The lowest BCUT2D eigenvalue weighted by atomic mass is 9.82. The fraction of sp³-hybridized carbons (Fsp3) is 0.647. The number of alkyl halides is 2. The van der Waals surface area contributed by atoms with E-state index in [4.69, 9.17) is 4.74 Å². The largest absolute Gasteiger partial charge is 0.435 e.